The van der Waals surface area contributed by atoms with E-state index < -0.39 is 17.2 Å². The Morgan fingerprint density at radius 3 is 2.35 bits per heavy atom. The second kappa shape index (κ2) is 6.92. The number of carbonyl (C=O) groups excluding carboxylic acids is 2. The average molecular weight is 415 g/mol. The third-order valence-corrected chi connectivity index (χ3v) is 6.25. The second-order valence-electron chi connectivity index (χ2n) is 9.30. The number of benzene rings is 2. The first kappa shape index (κ1) is 19.8. The Bertz CT molecular complexity index is 1100. The standard InChI is InChI=1S/C26H26N2O3/c1-25(2,3)28-22(23(29)27-16-17-10-6-4-7-11-17)26-15-14-19(31-26)20(21(26)24(28)30)18-12-8-5-9-13-18/h4-15,19,22H,16H2,1-3H3,(H,27,29)/t19-,22+,26+/m0/s1. The number of carbonyl (C=O) groups is 2. The van der Waals surface area contributed by atoms with Gasteiger partial charge in [-0.2, -0.15) is 0 Å². The van der Waals surface area contributed by atoms with Crippen molar-refractivity contribution in [3.05, 3.63) is 89.5 Å². The molecule has 31 heavy (non-hydrogen) atoms. The first-order chi connectivity index (χ1) is 14.8. The number of nitrogens with one attached hydrogen (secondary N) is 1. The molecule has 1 spiro atoms. The molecule has 0 aliphatic carbocycles. The molecule has 2 amide bonds. The van der Waals surface area contributed by atoms with Gasteiger partial charge in [0.25, 0.3) is 5.91 Å². The first-order valence-corrected chi connectivity index (χ1v) is 10.7. The molecule has 1 saturated heterocycles. The lowest BCUT2D eigenvalue weighted by molar-refractivity contribution is -0.143. The van der Waals surface area contributed by atoms with Crippen molar-refractivity contribution in [3.8, 4) is 0 Å². The van der Waals surface area contributed by atoms with E-state index in [9.17, 15) is 9.59 Å². The fraction of sp³-hybridized carbons (Fsp3) is 0.308. The Morgan fingerprint density at radius 2 is 1.71 bits per heavy atom. The maximum absolute atomic E-state index is 13.8. The molecule has 0 saturated carbocycles. The molecule has 1 fully saturated rings. The topological polar surface area (TPSA) is 58.6 Å². The van der Waals surface area contributed by atoms with Gasteiger partial charge in [-0.05, 0) is 38.0 Å². The Balaban J connectivity index is 1.57. The summed E-state index contributed by atoms with van der Waals surface area (Å²) < 4.78 is 6.42. The summed E-state index contributed by atoms with van der Waals surface area (Å²) in [7, 11) is 0. The van der Waals surface area contributed by atoms with Crippen molar-refractivity contribution in [1.29, 1.82) is 0 Å². The molecule has 3 aliphatic heterocycles. The highest BCUT2D eigenvalue weighted by atomic mass is 16.5. The van der Waals surface area contributed by atoms with Gasteiger partial charge in [0.1, 0.15) is 17.7 Å². The molecule has 1 N–H and O–H groups in total. The summed E-state index contributed by atoms with van der Waals surface area (Å²) in [6, 6.07) is 18.8. The van der Waals surface area contributed by atoms with Crippen LogP contribution in [-0.2, 0) is 20.9 Å². The Morgan fingerprint density at radius 1 is 1.06 bits per heavy atom. The minimum atomic E-state index is -1.05. The predicted molar refractivity (Wildman–Crippen MR) is 119 cm³/mol. The Hall–Kier alpha value is -3.18. The van der Waals surface area contributed by atoms with Gasteiger partial charge in [0, 0.05) is 17.7 Å². The van der Waals surface area contributed by atoms with Crippen LogP contribution in [0.25, 0.3) is 5.57 Å². The van der Waals surface area contributed by atoms with E-state index in [0.717, 1.165) is 16.7 Å². The number of likely N-dealkylation sites (tertiary alicyclic amines) is 1. The van der Waals surface area contributed by atoms with Gasteiger partial charge in [-0.25, -0.2) is 0 Å². The van der Waals surface area contributed by atoms with E-state index in [1.54, 1.807) is 4.90 Å². The van der Waals surface area contributed by atoms with Gasteiger partial charge in [-0.1, -0.05) is 66.7 Å². The number of hydrogen-bond donors (Lipinski definition) is 1. The molecule has 0 unspecified atom stereocenters. The quantitative estimate of drug-likeness (QED) is 0.780. The molecule has 3 atom stereocenters. The molecule has 0 aromatic heterocycles. The molecule has 3 aliphatic rings. The lowest BCUT2D eigenvalue weighted by Gasteiger charge is -2.39. The van der Waals surface area contributed by atoms with Crippen LogP contribution in [0.15, 0.2) is 78.4 Å². The van der Waals surface area contributed by atoms with Gasteiger partial charge in [-0.3, -0.25) is 9.59 Å². The summed E-state index contributed by atoms with van der Waals surface area (Å²) in [5.41, 5.74) is 1.84. The summed E-state index contributed by atoms with van der Waals surface area (Å²) in [6.07, 6.45) is 3.58. The Kier molecular flexibility index (Phi) is 4.41. The van der Waals surface area contributed by atoms with E-state index >= 15 is 0 Å². The highest BCUT2D eigenvalue weighted by Gasteiger charge is 2.67. The molecule has 5 rings (SSSR count). The highest BCUT2D eigenvalue weighted by Crippen LogP contribution is 2.55. The van der Waals surface area contributed by atoms with E-state index in [2.05, 4.69) is 5.32 Å². The van der Waals surface area contributed by atoms with E-state index in [0.29, 0.717) is 12.1 Å². The van der Waals surface area contributed by atoms with Crippen LogP contribution < -0.4 is 5.32 Å². The molecular weight excluding hydrogens is 388 g/mol. The van der Waals surface area contributed by atoms with Gasteiger partial charge in [-0.15, -0.1) is 0 Å². The number of rotatable bonds is 4. The monoisotopic (exact) mass is 414 g/mol. The normalized spacial score (nSPS) is 26.5. The highest BCUT2D eigenvalue weighted by molar-refractivity contribution is 6.13. The van der Waals surface area contributed by atoms with Crippen molar-refractivity contribution < 1.29 is 14.3 Å². The van der Waals surface area contributed by atoms with Crippen LogP contribution >= 0.6 is 0 Å². The van der Waals surface area contributed by atoms with Gasteiger partial charge in [0.2, 0.25) is 5.91 Å². The van der Waals surface area contributed by atoms with Crippen LogP contribution in [0.4, 0.5) is 0 Å². The molecule has 2 aromatic carbocycles. The van der Waals surface area contributed by atoms with Gasteiger partial charge in [0.15, 0.2) is 0 Å². The number of amides is 2. The van der Waals surface area contributed by atoms with E-state index in [-0.39, 0.29) is 17.9 Å². The van der Waals surface area contributed by atoms with E-state index in [1.165, 1.54) is 0 Å². The van der Waals surface area contributed by atoms with Crippen molar-refractivity contribution in [2.75, 3.05) is 0 Å². The van der Waals surface area contributed by atoms with Crippen LogP contribution in [0, 0.1) is 0 Å². The second-order valence-corrected chi connectivity index (χ2v) is 9.30. The largest absolute Gasteiger partial charge is 0.351 e. The van der Waals surface area contributed by atoms with Crippen LogP contribution in [0.1, 0.15) is 31.9 Å². The molecule has 5 heteroatoms. The van der Waals surface area contributed by atoms with Crippen LogP contribution in [0.5, 0.6) is 0 Å². The van der Waals surface area contributed by atoms with Crippen LogP contribution in [0.2, 0.25) is 0 Å². The lowest BCUT2D eigenvalue weighted by atomic mass is 9.82. The van der Waals surface area contributed by atoms with E-state index in [1.807, 2.05) is 93.6 Å². The Labute approximate surface area is 182 Å². The fourth-order valence-corrected chi connectivity index (χ4v) is 4.99. The molecule has 158 valence electrons. The fourth-order valence-electron chi connectivity index (χ4n) is 4.99. The lowest BCUT2D eigenvalue weighted by Crippen LogP contribution is -2.59. The number of fused-ring (bicyclic) bond motifs is 1. The number of hydrogen-bond acceptors (Lipinski definition) is 3. The van der Waals surface area contributed by atoms with Crippen molar-refractivity contribution in [2.24, 2.45) is 0 Å². The molecular formula is C26H26N2O3. The summed E-state index contributed by atoms with van der Waals surface area (Å²) >= 11 is 0. The summed E-state index contributed by atoms with van der Waals surface area (Å²) in [6.45, 7) is 6.27. The zero-order valence-corrected chi connectivity index (χ0v) is 18.0. The van der Waals surface area contributed by atoms with Crippen molar-refractivity contribution in [1.82, 2.24) is 10.2 Å². The maximum atomic E-state index is 13.8. The van der Waals surface area contributed by atoms with Gasteiger partial charge < -0.3 is 15.0 Å². The van der Waals surface area contributed by atoms with Crippen LogP contribution in [0.3, 0.4) is 0 Å². The molecule has 2 bridgehead atoms. The van der Waals surface area contributed by atoms with Gasteiger partial charge >= 0.3 is 0 Å². The minimum absolute atomic E-state index is 0.127. The molecule has 5 nitrogen and oxygen atoms in total. The predicted octanol–water partition coefficient (Wildman–Crippen LogP) is 3.47. The van der Waals surface area contributed by atoms with E-state index in [4.69, 9.17) is 4.74 Å². The van der Waals surface area contributed by atoms with Gasteiger partial charge in [0.05, 0.1) is 5.57 Å². The maximum Gasteiger partial charge on any atom is 0.254 e. The van der Waals surface area contributed by atoms with Crippen molar-refractivity contribution >= 4 is 17.4 Å². The SMILES string of the molecule is CC(C)(C)N1C(=O)C2=C(c3ccccc3)[C@@H]3C=C[C@]2(O3)[C@H]1C(=O)NCc1ccccc1. The van der Waals surface area contributed by atoms with Crippen molar-refractivity contribution in [2.45, 2.75) is 50.6 Å². The third-order valence-electron chi connectivity index (χ3n) is 6.25. The van der Waals surface area contributed by atoms with Crippen molar-refractivity contribution in [3.63, 3.8) is 0 Å². The first-order valence-electron chi connectivity index (χ1n) is 10.7. The average Bonchev–Trinajstić information content (AvgIpc) is 3.40. The number of nitrogens with zero attached hydrogens (tertiary/aromatic N) is 1. The number of ether oxygens (including phenoxy) is 1. The molecule has 2 aromatic rings. The zero-order valence-electron chi connectivity index (χ0n) is 18.0. The smallest absolute Gasteiger partial charge is 0.254 e. The summed E-state index contributed by atoms with van der Waals surface area (Å²) in [5.74, 6) is -0.334. The minimum Gasteiger partial charge on any atom is -0.351 e. The third kappa shape index (κ3) is 2.95. The summed E-state index contributed by atoms with van der Waals surface area (Å²) in [4.78, 5) is 29.0. The van der Waals surface area contributed by atoms with Crippen LogP contribution in [-0.4, -0.2) is 40.0 Å². The summed E-state index contributed by atoms with van der Waals surface area (Å²) in [5, 5.41) is 3.04. The zero-order chi connectivity index (χ0) is 21.8. The molecule has 3 heterocycles. The molecule has 0 radical (unpaired) electrons.